The van der Waals surface area contributed by atoms with Gasteiger partial charge < -0.3 is 24.4 Å². The number of ketones is 1. The topological polar surface area (TPSA) is 119 Å². The molecule has 0 unspecified atom stereocenters. The number of carbonyl (C=O) groups is 3. The van der Waals surface area contributed by atoms with Gasteiger partial charge in [-0.05, 0) is 24.6 Å². The zero-order valence-corrected chi connectivity index (χ0v) is 15.0. The standard InChI is InChI=1S/C18H22O8/c1-18(23)8-11(20)14(16(21)25-3)13(15(18)17(22)26-4)9-5-6-10(19)12(7-9)24-2/h5-7,13-15,19,23H,8H2,1-4H3/t13-,14+,15-,18-/m0/s1. The number of phenolic OH excluding ortho intramolecular Hbond substituents is 1. The Morgan fingerprint density at radius 1 is 1.15 bits per heavy atom. The number of hydrogen-bond donors (Lipinski definition) is 2. The zero-order valence-electron chi connectivity index (χ0n) is 15.0. The van der Waals surface area contributed by atoms with Crippen LogP contribution in [0.15, 0.2) is 18.2 Å². The maximum atomic E-state index is 12.6. The Morgan fingerprint density at radius 2 is 1.77 bits per heavy atom. The number of phenols is 1. The normalized spacial score (nSPS) is 28.3. The molecule has 2 rings (SSSR count). The lowest BCUT2D eigenvalue weighted by atomic mass is 9.61. The summed E-state index contributed by atoms with van der Waals surface area (Å²) in [5, 5.41) is 20.5. The first kappa shape index (κ1) is 19.7. The summed E-state index contributed by atoms with van der Waals surface area (Å²) in [6.45, 7) is 1.35. The molecule has 0 bridgehead atoms. The minimum absolute atomic E-state index is 0.104. The van der Waals surface area contributed by atoms with Crippen LogP contribution in [-0.4, -0.2) is 54.9 Å². The van der Waals surface area contributed by atoms with Crippen molar-refractivity contribution in [3.8, 4) is 11.5 Å². The molecule has 0 radical (unpaired) electrons. The first-order valence-electron chi connectivity index (χ1n) is 7.95. The van der Waals surface area contributed by atoms with Gasteiger partial charge in [-0.3, -0.25) is 14.4 Å². The molecule has 8 heteroatoms. The number of esters is 2. The number of aliphatic hydroxyl groups is 1. The van der Waals surface area contributed by atoms with E-state index in [0.29, 0.717) is 5.56 Å². The van der Waals surface area contributed by atoms with Gasteiger partial charge in [-0.1, -0.05) is 6.07 Å². The third-order valence-corrected chi connectivity index (χ3v) is 4.77. The number of hydrogen-bond acceptors (Lipinski definition) is 8. The van der Waals surface area contributed by atoms with Crippen molar-refractivity contribution in [2.24, 2.45) is 11.8 Å². The van der Waals surface area contributed by atoms with E-state index in [2.05, 4.69) is 0 Å². The van der Waals surface area contributed by atoms with Gasteiger partial charge in [0.25, 0.3) is 0 Å². The number of rotatable bonds is 4. The summed E-state index contributed by atoms with van der Waals surface area (Å²) in [5.74, 6) is -5.67. The number of ether oxygens (including phenoxy) is 3. The van der Waals surface area contributed by atoms with Crippen molar-refractivity contribution in [1.29, 1.82) is 0 Å². The lowest BCUT2D eigenvalue weighted by Crippen LogP contribution is -2.55. The molecular weight excluding hydrogens is 344 g/mol. The zero-order chi connectivity index (χ0) is 19.6. The van der Waals surface area contributed by atoms with Crippen LogP contribution in [0.25, 0.3) is 0 Å². The van der Waals surface area contributed by atoms with Gasteiger partial charge in [0.05, 0.1) is 32.8 Å². The van der Waals surface area contributed by atoms with Crippen LogP contribution in [0.5, 0.6) is 11.5 Å². The number of Topliss-reactive ketones (excluding diaryl/α,β-unsaturated/α-hetero) is 1. The van der Waals surface area contributed by atoms with E-state index in [9.17, 15) is 24.6 Å². The van der Waals surface area contributed by atoms with Crippen LogP contribution >= 0.6 is 0 Å². The predicted octanol–water partition coefficient (Wildman–Crippen LogP) is 0.787. The maximum absolute atomic E-state index is 12.6. The molecule has 8 nitrogen and oxygen atoms in total. The molecule has 142 valence electrons. The van der Waals surface area contributed by atoms with Crippen LogP contribution < -0.4 is 4.74 Å². The van der Waals surface area contributed by atoms with E-state index >= 15 is 0 Å². The predicted molar refractivity (Wildman–Crippen MR) is 88.7 cm³/mol. The highest BCUT2D eigenvalue weighted by molar-refractivity contribution is 6.02. The van der Waals surface area contributed by atoms with E-state index in [1.165, 1.54) is 32.2 Å². The minimum Gasteiger partial charge on any atom is -0.504 e. The number of methoxy groups -OCH3 is 3. The van der Waals surface area contributed by atoms with Crippen molar-refractivity contribution in [3.05, 3.63) is 23.8 Å². The van der Waals surface area contributed by atoms with Gasteiger partial charge in [0.2, 0.25) is 0 Å². The largest absolute Gasteiger partial charge is 0.504 e. The molecule has 1 fully saturated rings. The molecule has 4 atom stereocenters. The molecule has 1 aromatic carbocycles. The lowest BCUT2D eigenvalue weighted by molar-refractivity contribution is -0.170. The maximum Gasteiger partial charge on any atom is 0.316 e. The van der Waals surface area contributed by atoms with Gasteiger partial charge in [0.15, 0.2) is 17.3 Å². The van der Waals surface area contributed by atoms with Gasteiger partial charge >= 0.3 is 11.9 Å². The monoisotopic (exact) mass is 366 g/mol. The van der Waals surface area contributed by atoms with Gasteiger partial charge in [0, 0.05) is 12.3 Å². The van der Waals surface area contributed by atoms with Gasteiger partial charge in [-0.25, -0.2) is 0 Å². The second-order valence-electron chi connectivity index (χ2n) is 6.46. The first-order chi connectivity index (χ1) is 12.2. The summed E-state index contributed by atoms with van der Waals surface area (Å²) >= 11 is 0. The quantitative estimate of drug-likeness (QED) is 0.593. The summed E-state index contributed by atoms with van der Waals surface area (Å²) in [6.07, 6.45) is -0.391. The third kappa shape index (κ3) is 3.37. The van der Waals surface area contributed by atoms with E-state index in [-0.39, 0.29) is 11.5 Å². The van der Waals surface area contributed by atoms with Crippen LogP contribution in [-0.2, 0) is 23.9 Å². The first-order valence-corrected chi connectivity index (χ1v) is 7.95. The fraction of sp³-hybridized carbons (Fsp3) is 0.500. The summed E-state index contributed by atoms with van der Waals surface area (Å²) in [7, 11) is 3.65. The second kappa shape index (κ2) is 7.33. The van der Waals surface area contributed by atoms with Crippen molar-refractivity contribution in [3.63, 3.8) is 0 Å². The molecule has 0 spiro atoms. The summed E-state index contributed by atoms with van der Waals surface area (Å²) in [6, 6.07) is 4.20. The SMILES string of the molecule is COC(=O)[C@@H]1C(=O)C[C@](C)(O)[C@H](C(=O)OC)[C@H]1c1ccc(O)c(OC)c1. The molecular formula is C18H22O8. The minimum atomic E-state index is -1.72. The van der Waals surface area contributed by atoms with E-state index in [1.54, 1.807) is 0 Å². The molecule has 1 aromatic rings. The molecule has 0 heterocycles. The van der Waals surface area contributed by atoms with Gasteiger partial charge in [-0.2, -0.15) is 0 Å². The smallest absolute Gasteiger partial charge is 0.316 e. The van der Waals surface area contributed by atoms with Gasteiger partial charge in [-0.15, -0.1) is 0 Å². The van der Waals surface area contributed by atoms with Crippen LogP contribution in [0.4, 0.5) is 0 Å². The van der Waals surface area contributed by atoms with Crippen molar-refractivity contribution >= 4 is 17.7 Å². The highest BCUT2D eigenvalue weighted by atomic mass is 16.5. The molecule has 1 saturated carbocycles. The Kier molecular flexibility index (Phi) is 5.56. The Balaban J connectivity index is 2.69. The van der Waals surface area contributed by atoms with Crippen LogP contribution in [0.3, 0.4) is 0 Å². The van der Waals surface area contributed by atoms with E-state index in [1.807, 2.05) is 0 Å². The van der Waals surface area contributed by atoms with Crippen molar-refractivity contribution in [2.75, 3.05) is 21.3 Å². The van der Waals surface area contributed by atoms with E-state index in [0.717, 1.165) is 14.2 Å². The summed E-state index contributed by atoms with van der Waals surface area (Å²) < 4.78 is 14.6. The van der Waals surface area contributed by atoms with Crippen LogP contribution in [0.2, 0.25) is 0 Å². The summed E-state index contributed by atoms with van der Waals surface area (Å²) in [4.78, 5) is 37.3. The van der Waals surface area contributed by atoms with Gasteiger partial charge in [0.1, 0.15) is 5.92 Å². The molecule has 2 N–H and O–H groups in total. The highest BCUT2D eigenvalue weighted by Gasteiger charge is 2.57. The van der Waals surface area contributed by atoms with Crippen LogP contribution in [0.1, 0.15) is 24.8 Å². The molecule has 0 amide bonds. The Morgan fingerprint density at radius 3 is 2.31 bits per heavy atom. The van der Waals surface area contributed by atoms with E-state index in [4.69, 9.17) is 14.2 Å². The molecule has 1 aliphatic carbocycles. The van der Waals surface area contributed by atoms with Crippen molar-refractivity contribution in [1.82, 2.24) is 0 Å². The molecule has 26 heavy (non-hydrogen) atoms. The van der Waals surface area contributed by atoms with Crippen LogP contribution in [0, 0.1) is 11.8 Å². The number of benzene rings is 1. The van der Waals surface area contributed by atoms with Crippen molar-refractivity contribution < 1.29 is 38.8 Å². The summed E-state index contributed by atoms with van der Waals surface area (Å²) in [5.41, 5.74) is -1.36. The Hall–Kier alpha value is -2.61. The Bertz CT molecular complexity index is 724. The highest BCUT2D eigenvalue weighted by Crippen LogP contribution is 2.47. The second-order valence-corrected chi connectivity index (χ2v) is 6.46. The third-order valence-electron chi connectivity index (χ3n) is 4.77. The lowest BCUT2D eigenvalue weighted by Gasteiger charge is -2.43. The molecule has 1 aliphatic rings. The van der Waals surface area contributed by atoms with Crippen molar-refractivity contribution in [2.45, 2.75) is 24.9 Å². The number of aromatic hydroxyl groups is 1. The average molecular weight is 366 g/mol. The molecule has 0 aromatic heterocycles. The molecule has 0 saturated heterocycles. The fourth-order valence-corrected chi connectivity index (χ4v) is 3.57. The average Bonchev–Trinajstić information content (AvgIpc) is 2.59. The fourth-order valence-electron chi connectivity index (χ4n) is 3.57. The Labute approximate surface area is 150 Å². The molecule has 0 aliphatic heterocycles. The number of carbonyl (C=O) groups excluding carboxylic acids is 3. The van der Waals surface area contributed by atoms with E-state index < -0.39 is 47.5 Å².